The largest absolute Gasteiger partial charge is 0.330 e. The van der Waals surface area contributed by atoms with Crippen LogP contribution in [0.5, 0.6) is 0 Å². The summed E-state index contributed by atoms with van der Waals surface area (Å²) in [5.74, 6) is 0.122. The molecule has 5 nitrogen and oxygen atoms in total. The number of sulfone groups is 1. The Bertz CT molecular complexity index is 463. The molecule has 1 rings (SSSR count). The molecule has 0 saturated heterocycles. The maximum absolute atomic E-state index is 11.1. The second-order valence-electron chi connectivity index (χ2n) is 4.04. The monoisotopic (exact) mass is 245 g/mol. The third-order valence-corrected chi connectivity index (χ3v) is 3.52. The van der Waals surface area contributed by atoms with Gasteiger partial charge in [-0.05, 0) is 32.4 Å². The minimum atomic E-state index is -2.94. The van der Waals surface area contributed by atoms with E-state index < -0.39 is 9.84 Å². The van der Waals surface area contributed by atoms with E-state index in [0.29, 0.717) is 13.1 Å². The summed E-state index contributed by atoms with van der Waals surface area (Å²) in [5.41, 5.74) is 8.61. The zero-order valence-corrected chi connectivity index (χ0v) is 10.8. The molecule has 0 aliphatic carbocycles. The molecule has 0 bridgehead atoms. The first-order valence-electron chi connectivity index (χ1n) is 5.26. The van der Waals surface area contributed by atoms with E-state index in [1.807, 2.05) is 13.8 Å². The van der Waals surface area contributed by atoms with E-state index in [9.17, 15) is 8.42 Å². The van der Waals surface area contributed by atoms with E-state index in [4.69, 9.17) is 5.73 Å². The van der Waals surface area contributed by atoms with Crippen molar-refractivity contribution in [1.82, 2.24) is 9.78 Å². The Morgan fingerprint density at radius 2 is 2.00 bits per heavy atom. The van der Waals surface area contributed by atoms with Crippen LogP contribution in [-0.4, -0.2) is 36.8 Å². The highest BCUT2D eigenvalue weighted by Gasteiger charge is 2.12. The number of aryl methyl sites for hydroxylation is 2. The minimum absolute atomic E-state index is 0.122. The van der Waals surface area contributed by atoms with Crippen LogP contribution in [0, 0.1) is 13.8 Å². The summed E-state index contributed by atoms with van der Waals surface area (Å²) in [7, 11) is -2.94. The van der Waals surface area contributed by atoms with Gasteiger partial charge in [0, 0.05) is 11.9 Å². The number of nitrogens with two attached hydrogens (primary N) is 1. The van der Waals surface area contributed by atoms with Crippen molar-refractivity contribution < 1.29 is 8.42 Å². The standard InChI is InChI=1S/C10H19N3O2S/c1-8-10(4-5-11)9(2)13(12-8)6-7-16(3,14)15/h4-7,11H2,1-3H3. The lowest BCUT2D eigenvalue weighted by atomic mass is 10.1. The molecule has 1 aromatic rings. The molecule has 0 aromatic carbocycles. The average Bonchev–Trinajstić information content (AvgIpc) is 2.42. The van der Waals surface area contributed by atoms with Crippen LogP contribution < -0.4 is 5.73 Å². The van der Waals surface area contributed by atoms with Crippen LogP contribution in [0.1, 0.15) is 17.0 Å². The number of nitrogens with zero attached hydrogens (tertiary/aromatic N) is 2. The Morgan fingerprint density at radius 1 is 1.38 bits per heavy atom. The van der Waals surface area contributed by atoms with E-state index in [-0.39, 0.29) is 5.75 Å². The SMILES string of the molecule is Cc1nn(CCS(C)(=O)=O)c(C)c1CCN. The molecule has 1 heterocycles. The predicted octanol–water partition coefficient (Wildman–Crippen LogP) is 0.0457. The fourth-order valence-corrected chi connectivity index (χ4v) is 2.21. The molecule has 6 heteroatoms. The molecule has 0 amide bonds. The third kappa shape index (κ3) is 3.31. The van der Waals surface area contributed by atoms with Gasteiger partial charge in [-0.2, -0.15) is 5.10 Å². The smallest absolute Gasteiger partial charge is 0.149 e. The summed E-state index contributed by atoms with van der Waals surface area (Å²) < 4.78 is 23.9. The minimum Gasteiger partial charge on any atom is -0.330 e. The molecule has 0 atom stereocenters. The predicted molar refractivity (Wildman–Crippen MR) is 64.2 cm³/mol. The first-order chi connectivity index (χ1) is 7.35. The number of hydrogen-bond donors (Lipinski definition) is 1. The fourth-order valence-electron chi connectivity index (χ4n) is 1.71. The van der Waals surface area contributed by atoms with Gasteiger partial charge in [0.1, 0.15) is 9.84 Å². The summed E-state index contributed by atoms with van der Waals surface area (Å²) in [6, 6.07) is 0. The van der Waals surface area contributed by atoms with E-state index in [0.717, 1.165) is 23.4 Å². The van der Waals surface area contributed by atoms with E-state index in [2.05, 4.69) is 5.10 Å². The average molecular weight is 245 g/mol. The van der Waals surface area contributed by atoms with E-state index in [1.54, 1.807) is 4.68 Å². The Labute approximate surface area is 96.6 Å². The number of hydrogen-bond acceptors (Lipinski definition) is 4. The highest BCUT2D eigenvalue weighted by atomic mass is 32.2. The van der Waals surface area contributed by atoms with Gasteiger partial charge in [-0.25, -0.2) is 8.42 Å². The van der Waals surface area contributed by atoms with E-state index in [1.165, 1.54) is 6.26 Å². The molecule has 1 aromatic heterocycles. The molecule has 92 valence electrons. The molecule has 0 unspecified atom stereocenters. The molecule has 0 aliphatic rings. The highest BCUT2D eigenvalue weighted by Crippen LogP contribution is 2.13. The van der Waals surface area contributed by atoms with Crippen molar-refractivity contribution in [2.24, 2.45) is 5.73 Å². The van der Waals surface area contributed by atoms with Crippen LogP contribution in [0.3, 0.4) is 0 Å². The zero-order valence-electron chi connectivity index (χ0n) is 10.0. The molecule has 0 saturated carbocycles. The summed E-state index contributed by atoms with van der Waals surface area (Å²) in [4.78, 5) is 0. The van der Waals surface area contributed by atoms with Gasteiger partial charge in [-0.3, -0.25) is 4.68 Å². The van der Waals surface area contributed by atoms with Crippen molar-refractivity contribution >= 4 is 9.84 Å². The fraction of sp³-hybridized carbons (Fsp3) is 0.700. The van der Waals surface area contributed by atoms with Crippen LogP contribution in [-0.2, 0) is 22.8 Å². The Morgan fingerprint density at radius 3 is 2.50 bits per heavy atom. The molecule has 0 spiro atoms. The lowest BCUT2D eigenvalue weighted by Crippen LogP contribution is -2.13. The maximum atomic E-state index is 11.1. The maximum Gasteiger partial charge on any atom is 0.149 e. The zero-order chi connectivity index (χ0) is 12.3. The molecule has 16 heavy (non-hydrogen) atoms. The quantitative estimate of drug-likeness (QED) is 0.795. The lowest BCUT2D eigenvalue weighted by molar-refractivity contribution is 0.581. The molecule has 2 N–H and O–H groups in total. The summed E-state index contributed by atoms with van der Waals surface area (Å²) in [6.07, 6.45) is 2.02. The van der Waals surface area contributed by atoms with Gasteiger partial charge in [-0.1, -0.05) is 0 Å². The summed E-state index contributed by atoms with van der Waals surface area (Å²) in [5, 5.41) is 4.33. The van der Waals surface area contributed by atoms with Crippen LogP contribution in [0.15, 0.2) is 0 Å². The van der Waals surface area contributed by atoms with Gasteiger partial charge in [0.2, 0.25) is 0 Å². The molecular formula is C10H19N3O2S. The second kappa shape index (κ2) is 4.97. The van der Waals surface area contributed by atoms with Crippen molar-refractivity contribution in [3.63, 3.8) is 0 Å². The van der Waals surface area contributed by atoms with Gasteiger partial charge in [0.25, 0.3) is 0 Å². The van der Waals surface area contributed by atoms with E-state index >= 15 is 0 Å². The summed E-state index contributed by atoms with van der Waals surface area (Å²) >= 11 is 0. The topological polar surface area (TPSA) is 78.0 Å². The molecule has 0 fully saturated rings. The molecule has 0 radical (unpaired) electrons. The van der Waals surface area contributed by atoms with Crippen LogP contribution in [0.25, 0.3) is 0 Å². The van der Waals surface area contributed by atoms with Crippen LogP contribution in [0.4, 0.5) is 0 Å². The molecule has 0 aliphatic heterocycles. The van der Waals surface area contributed by atoms with Crippen molar-refractivity contribution in [3.8, 4) is 0 Å². The Balaban J connectivity index is 2.86. The normalized spacial score (nSPS) is 12.0. The Hall–Kier alpha value is -0.880. The molecular weight excluding hydrogens is 226 g/mol. The summed E-state index contributed by atoms with van der Waals surface area (Å²) in [6.45, 7) is 4.87. The third-order valence-electron chi connectivity index (χ3n) is 2.60. The van der Waals surface area contributed by atoms with Gasteiger partial charge in [0.05, 0.1) is 18.0 Å². The number of aromatic nitrogens is 2. The van der Waals surface area contributed by atoms with Crippen molar-refractivity contribution in [2.75, 3.05) is 18.6 Å². The van der Waals surface area contributed by atoms with Gasteiger partial charge in [-0.15, -0.1) is 0 Å². The highest BCUT2D eigenvalue weighted by molar-refractivity contribution is 7.90. The van der Waals surface area contributed by atoms with Gasteiger partial charge < -0.3 is 5.73 Å². The van der Waals surface area contributed by atoms with Gasteiger partial charge in [0.15, 0.2) is 0 Å². The van der Waals surface area contributed by atoms with Crippen molar-refractivity contribution in [3.05, 3.63) is 17.0 Å². The number of rotatable bonds is 5. The first-order valence-corrected chi connectivity index (χ1v) is 7.32. The van der Waals surface area contributed by atoms with Crippen LogP contribution in [0.2, 0.25) is 0 Å². The lowest BCUT2D eigenvalue weighted by Gasteiger charge is -2.04. The Kier molecular flexibility index (Phi) is 4.09. The van der Waals surface area contributed by atoms with Crippen molar-refractivity contribution in [2.45, 2.75) is 26.8 Å². The van der Waals surface area contributed by atoms with Crippen LogP contribution >= 0.6 is 0 Å². The second-order valence-corrected chi connectivity index (χ2v) is 6.30. The van der Waals surface area contributed by atoms with Gasteiger partial charge >= 0.3 is 0 Å². The van der Waals surface area contributed by atoms with Crippen molar-refractivity contribution in [1.29, 1.82) is 0 Å². The first kappa shape index (κ1) is 13.2.